The number of cyclic esters (lactones) is 1. The van der Waals surface area contributed by atoms with Crippen LogP contribution in [0.3, 0.4) is 0 Å². The molecule has 3 heteroatoms. The van der Waals surface area contributed by atoms with Gasteiger partial charge in [-0.2, -0.15) is 0 Å². The molecule has 1 aliphatic rings. The molecule has 2 heterocycles. The maximum atomic E-state index is 11.8. The number of esters is 1. The van der Waals surface area contributed by atoms with Gasteiger partial charge in [-0.15, -0.1) is 0 Å². The van der Waals surface area contributed by atoms with Gasteiger partial charge in [0, 0.05) is 24.4 Å². The second kappa shape index (κ2) is 3.11. The van der Waals surface area contributed by atoms with Gasteiger partial charge in [0.2, 0.25) is 0 Å². The molecule has 0 amide bonds. The molecule has 1 aliphatic heterocycles. The van der Waals surface area contributed by atoms with Crippen molar-refractivity contribution in [3.8, 4) is 0 Å². The first kappa shape index (κ1) is 9.46. The second-order valence-corrected chi connectivity index (χ2v) is 4.32. The van der Waals surface area contributed by atoms with Gasteiger partial charge in [-0.25, -0.2) is 4.79 Å². The lowest BCUT2D eigenvalue weighted by atomic mass is 10.0. The third-order valence-electron chi connectivity index (χ3n) is 3.20. The number of para-hydroxylation sites is 1. The molecular weight excluding hydrogens is 202 g/mol. The molecular formula is C13H13NO2. The average molecular weight is 215 g/mol. The van der Waals surface area contributed by atoms with Crippen molar-refractivity contribution in [3.63, 3.8) is 0 Å². The van der Waals surface area contributed by atoms with Crippen LogP contribution >= 0.6 is 0 Å². The van der Waals surface area contributed by atoms with Crippen molar-refractivity contribution in [1.82, 2.24) is 4.57 Å². The highest BCUT2D eigenvalue weighted by atomic mass is 16.5. The number of carbonyl (C=O) groups is 1. The maximum absolute atomic E-state index is 11.8. The molecule has 3 rings (SSSR count). The van der Waals surface area contributed by atoms with Gasteiger partial charge < -0.3 is 9.30 Å². The Morgan fingerprint density at radius 1 is 1.38 bits per heavy atom. The van der Waals surface area contributed by atoms with E-state index in [0.717, 1.165) is 17.5 Å². The molecule has 0 saturated carbocycles. The first-order chi connectivity index (χ1) is 7.68. The molecule has 0 bridgehead atoms. The minimum Gasteiger partial charge on any atom is -0.458 e. The van der Waals surface area contributed by atoms with Crippen LogP contribution in [0.4, 0.5) is 0 Å². The van der Waals surface area contributed by atoms with Crippen LogP contribution in [0.5, 0.6) is 0 Å². The minimum atomic E-state index is -0.201. The van der Waals surface area contributed by atoms with Gasteiger partial charge in [-0.1, -0.05) is 18.2 Å². The lowest BCUT2D eigenvalue weighted by Gasteiger charge is -2.19. The zero-order chi connectivity index (χ0) is 11.3. The van der Waals surface area contributed by atoms with Gasteiger partial charge in [0.25, 0.3) is 0 Å². The number of rotatable bonds is 0. The Labute approximate surface area is 93.6 Å². The van der Waals surface area contributed by atoms with Crippen LogP contribution in [0.25, 0.3) is 10.9 Å². The molecule has 1 aromatic heterocycles. The van der Waals surface area contributed by atoms with E-state index in [1.165, 1.54) is 5.39 Å². The molecule has 0 N–H and O–H groups in total. The van der Waals surface area contributed by atoms with Crippen LogP contribution in [0.1, 0.15) is 23.0 Å². The Bertz CT molecular complexity index is 583. The summed E-state index contributed by atoms with van der Waals surface area (Å²) in [4.78, 5) is 11.8. The molecule has 82 valence electrons. The summed E-state index contributed by atoms with van der Waals surface area (Å²) in [5.41, 5.74) is 2.93. The van der Waals surface area contributed by atoms with Crippen LogP contribution in [0.15, 0.2) is 24.3 Å². The summed E-state index contributed by atoms with van der Waals surface area (Å²) < 4.78 is 7.19. The fraction of sp³-hybridized carbons (Fsp3) is 0.308. The number of carbonyl (C=O) groups excluding carboxylic acids is 1. The van der Waals surface area contributed by atoms with Gasteiger partial charge >= 0.3 is 5.97 Å². The van der Waals surface area contributed by atoms with E-state index in [0.29, 0.717) is 5.69 Å². The van der Waals surface area contributed by atoms with Gasteiger partial charge in [-0.05, 0) is 18.6 Å². The van der Waals surface area contributed by atoms with Crippen molar-refractivity contribution in [1.29, 1.82) is 0 Å². The number of hydrogen-bond acceptors (Lipinski definition) is 2. The van der Waals surface area contributed by atoms with E-state index in [-0.39, 0.29) is 12.1 Å². The fourth-order valence-corrected chi connectivity index (χ4v) is 2.51. The third-order valence-corrected chi connectivity index (χ3v) is 3.20. The molecule has 0 unspecified atom stereocenters. The topological polar surface area (TPSA) is 31.2 Å². The highest BCUT2D eigenvalue weighted by molar-refractivity contribution is 6.00. The molecule has 3 nitrogen and oxygen atoms in total. The average Bonchev–Trinajstić information content (AvgIpc) is 2.54. The van der Waals surface area contributed by atoms with Crippen molar-refractivity contribution in [3.05, 3.63) is 35.5 Å². The monoisotopic (exact) mass is 215 g/mol. The zero-order valence-corrected chi connectivity index (χ0v) is 9.36. The number of benzene rings is 1. The lowest BCUT2D eigenvalue weighted by Crippen LogP contribution is -2.26. The molecule has 1 atom stereocenters. The number of ether oxygens (including phenoxy) is 1. The van der Waals surface area contributed by atoms with Crippen LogP contribution in [-0.2, 0) is 18.2 Å². The van der Waals surface area contributed by atoms with Crippen LogP contribution in [0, 0.1) is 0 Å². The predicted molar refractivity (Wildman–Crippen MR) is 61.5 cm³/mol. The summed E-state index contributed by atoms with van der Waals surface area (Å²) in [6.07, 6.45) is 0.786. The number of fused-ring (bicyclic) bond motifs is 3. The van der Waals surface area contributed by atoms with E-state index in [1.54, 1.807) is 0 Å². The van der Waals surface area contributed by atoms with Gasteiger partial charge in [0.15, 0.2) is 0 Å². The smallest absolute Gasteiger partial charge is 0.355 e. The SMILES string of the molecule is C[C@H]1Cc2c(n(C)c3ccccc23)C(=O)O1. The highest BCUT2D eigenvalue weighted by Crippen LogP contribution is 2.30. The summed E-state index contributed by atoms with van der Waals surface area (Å²) in [7, 11) is 1.92. The Kier molecular flexibility index (Phi) is 1.84. The second-order valence-electron chi connectivity index (χ2n) is 4.32. The molecule has 0 saturated heterocycles. The van der Waals surface area contributed by atoms with Crippen LogP contribution < -0.4 is 0 Å². The fourth-order valence-electron chi connectivity index (χ4n) is 2.51. The van der Waals surface area contributed by atoms with Crippen molar-refractivity contribution in [2.75, 3.05) is 0 Å². The van der Waals surface area contributed by atoms with E-state index >= 15 is 0 Å². The van der Waals surface area contributed by atoms with E-state index < -0.39 is 0 Å². The number of aryl methyl sites for hydroxylation is 1. The van der Waals surface area contributed by atoms with E-state index in [9.17, 15) is 4.79 Å². The molecule has 0 spiro atoms. The van der Waals surface area contributed by atoms with Crippen LogP contribution in [-0.4, -0.2) is 16.6 Å². The number of hydrogen-bond donors (Lipinski definition) is 0. The quantitative estimate of drug-likeness (QED) is 0.631. The van der Waals surface area contributed by atoms with Crippen molar-refractivity contribution in [2.45, 2.75) is 19.4 Å². The lowest BCUT2D eigenvalue weighted by molar-refractivity contribution is 0.0290. The van der Waals surface area contributed by atoms with E-state index in [2.05, 4.69) is 6.07 Å². The minimum absolute atomic E-state index is 0.0224. The van der Waals surface area contributed by atoms with Gasteiger partial charge in [-0.3, -0.25) is 0 Å². The van der Waals surface area contributed by atoms with Gasteiger partial charge in [0.05, 0.1) is 0 Å². The van der Waals surface area contributed by atoms with E-state index in [4.69, 9.17) is 4.74 Å². The van der Waals surface area contributed by atoms with Crippen molar-refractivity contribution < 1.29 is 9.53 Å². The van der Waals surface area contributed by atoms with Crippen molar-refractivity contribution in [2.24, 2.45) is 7.05 Å². The molecule has 0 fully saturated rings. The summed E-state index contributed by atoms with van der Waals surface area (Å²) in [5, 5.41) is 1.17. The summed E-state index contributed by atoms with van der Waals surface area (Å²) in [5.74, 6) is -0.201. The highest BCUT2D eigenvalue weighted by Gasteiger charge is 2.29. The molecule has 2 aromatic rings. The molecule has 16 heavy (non-hydrogen) atoms. The van der Waals surface area contributed by atoms with Crippen LogP contribution in [0.2, 0.25) is 0 Å². The zero-order valence-electron chi connectivity index (χ0n) is 9.36. The Morgan fingerprint density at radius 3 is 2.94 bits per heavy atom. The Hall–Kier alpha value is -1.77. The Morgan fingerprint density at radius 2 is 2.12 bits per heavy atom. The maximum Gasteiger partial charge on any atom is 0.355 e. The van der Waals surface area contributed by atoms with Gasteiger partial charge in [0.1, 0.15) is 11.8 Å². The predicted octanol–water partition coefficient (Wildman–Crippen LogP) is 2.28. The third kappa shape index (κ3) is 1.11. The summed E-state index contributed by atoms with van der Waals surface area (Å²) >= 11 is 0. The number of aromatic nitrogens is 1. The number of nitrogens with zero attached hydrogens (tertiary/aromatic N) is 1. The Balaban J connectivity index is 2.39. The first-order valence-corrected chi connectivity index (χ1v) is 5.45. The summed E-state index contributed by atoms with van der Waals surface area (Å²) in [6.45, 7) is 1.93. The molecule has 0 radical (unpaired) electrons. The molecule has 1 aromatic carbocycles. The largest absolute Gasteiger partial charge is 0.458 e. The molecule has 0 aliphatic carbocycles. The van der Waals surface area contributed by atoms with Crippen molar-refractivity contribution >= 4 is 16.9 Å². The standard InChI is InChI=1S/C13H13NO2/c1-8-7-10-9-5-3-4-6-11(9)14(2)12(10)13(15)16-8/h3-6,8H,7H2,1-2H3/t8-/m0/s1. The summed E-state index contributed by atoms with van der Waals surface area (Å²) in [6, 6.07) is 8.10. The normalized spacial score (nSPS) is 19.6. The first-order valence-electron chi connectivity index (χ1n) is 5.45. The van der Waals surface area contributed by atoms with E-state index in [1.807, 2.05) is 36.7 Å².